The molecule has 0 fully saturated rings. The lowest BCUT2D eigenvalue weighted by atomic mass is 9.65. The van der Waals surface area contributed by atoms with Gasteiger partial charge >= 0.3 is 6.09 Å². The molecule has 1 aromatic heterocycles. The van der Waals surface area contributed by atoms with E-state index in [0.29, 0.717) is 35.2 Å². The summed E-state index contributed by atoms with van der Waals surface area (Å²) in [5, 5.41) is 10.6. The van der Waals surface area contributed by atoms with Gasteiger partial charge in [-0.15, -0.1) is 0 Å². The quantitative estimate of drug-likeness (QED) is 0.634. The van der Waals surface area contributed by atoms with E-state index in [4.69, 9.17) is 21.1 Å². The third-order valence-electron chi connectivity index (χ3n) is 6.02. The Hall–Kier alpha value is -2.73. The van der Waals surface area contributed by atoms with Crippen LogP contribution in [0.25, 0.3) is 0 Å². The van der Waals surface area contributed by atoms with Crippen LogP contribution >= 0.6 is 11.6 Å². The van der Waals surface area contributed by atoms with Crippen molar-refractivity contribution in [2.24, 2.45) is 5.41 Å². The number of fused-ring (bicyclic) bond motifs is 1. The normalized spacial score (nSPS) is 25.4. The summed E-state index contributed by atoms with van der Waals surface area (Å²) in [5.74, 6) is -0.0239. The summed E-state index contributed by atoms with van der Waals surface area (Å²) in [6, 6.07) is 9.15. The van der Waals surface area contributed by atoms with Crippen molar-refractivity contribution in [3.63, 3.8) is 0 Å². The van der Waals surface area contributed by atoms with Gasteiger partial charge in [0.2, 0.25) is 0 Å². The molecule has 1 amide bonds. The van der Waals surface area contributed by atoms with Gasteiger partial charge < -0.3 is 14.6 Å². The molecule has 0 bridgehead atoms. The maximum absolute atomic E-state index is 12.3. The molecule has 0 saturated carbocycles. The molecule has 2 unspecified atom stereocenters. The summed E-state index contributed by atoms with van der Waals surface area (Å²) in [6.45, 7) is 8.27. The molecule has 1 N–H and O–H groups in total. The van der Waals surface area contributed by atoms with Crippen molar-refractivity contribution >= 4 is 17.7 Å². The zero-order chi connectivity index (χ0) is 21.7. The average Bonchev–Trinajstić information content (AvgIpc) is 3.04. The van der Waals surface area contributed by atoms with Gasteiger partial charge in [-0.2, -0.15) is 0 Å². The average molecular weight is 429 g/mol. The number of amides is 1. The number of halogens is 1. The van der Waals surface area contributed by atoms with Gasteiger partial charge in [0.25, 0.3) is 5.79 Å². The Balaban J connectivity index is 1.87. The van der Waals surface area contributed by atoms with Gasteiger partial charge in [-0.25, -0.2) is 4.79 Å². The molecule has 7 heteroatoms. The molecule has 2 aromatic rings. The topological polar surface area (TPSA) is 71.9 Å². The first-order valence-corrected chi connectivity index (χ1v) is 10.3. The fourth-order valence-electron chi connectivity index (χ4n) is 4.51. The van der Waals surface area contributed by atoms with Gasteiger partial charge in [-0.05, 0) is 30.0 Å². The van der Waals surface area contributed by atoms with Gasteiger partial charge in [0, 0.05) is 25.2 Å². The SMILES string of the molecule is CC1(c2ccc(Cl)cn2)Oc2cccc(C3(C(C)(C)C)CC=CCN3C(=O)O)c2O1. The minimum Gasteiger partial charge on any atom is -0.465 e. The highest BCUT2D eigenvalue weighted by atomic mass is 35.5. The molecule has 0 spiro atoms. The Morgan fingerprint density at radius 3 is 2.60 bits per heavy atom. The summed E-state index contributed by atoms with van der Waals surface area (Å²) in [4.78, 5) is 18.1. The van der Waals surface area contributed by atoms with E-state index < -0.39 is 22.8 Å². The number of hydrogen-bond donors (Lipinski definition) is 1. The van der Waals surface area contributed by atoms with E-state index >= 15 is 0 Å². The molecule has 0 saturated heterocycles. The van der Waals surface area contributed by atoms with Gasteiger partial charge in [-0.3, -0.25) is 9.88 Å². The van der Waals surface area contributed by atoms with E-state index in [2.05, 4.69) is 25.8 Å². The molecule has 158 valence electrons. The van der Waals surface area contributed by atoms with Crippen LogP contribution in [0.3, 0.4) is 0 Å². The Morgan fingerprint density at radius 1 is 1.20 bits per heavy atom. The number of benzene rings is 1. The molecule has 0 aliphatic carbocycles. The highest BCUT2D eigenvalue weighted by molar-refractivity contribution is 6.30. The summed E-state index contributed by atoms with van der Waals surface area (Å²) in [5.41, 5.74) is 0.141. The Morgan fingerprint density at radius 2 is 1.97 bits per heavy atom. The molecule has 30 heavy (non-hydrogen) atoms. The summed E-state index contributed by atoms with van der Waals surface area (Å²) >= 11 is 5.98. The smallest absolute Gasteiger partial charge is 0.408 e. The first-order valence-electron chi connectivity index (χ1n) is 9.88. The van der Waals surface area contributed by atoms with Crippen molar-refractivity contribution in [1.82, 2.24) is 9.88 Å². The maximum atomic E-state index is 12.3. The van der Waals surface area contributed by atoms with Gasteiger partial charge in [-0.1, -0.05) is 56.7 Å². The number of para-hydroxylation sites is 1. The fraction of sp³-hybridized carbons (Fsp3) is 0.391. The second-order valence-corrected chi connectivity index (χ2v) is 9.26. The lowest BCUT2D eigenvalue weighted by Crippen LogP contribution is -2.57. The van der Waals surface area contributed by atoms with Crippen LogP contribution in [-0.2, 0) is 11.3 Å². The number of rotatable bonds is 2. The lowest BCUT2D eigenvalue weighted by Gasteiger charge is -2.52. The van der Waals surface area contributed by atoms with E-state index in [1.165, 1.54) is 4.90 Å². The third kappa shape index (κ3) is 3.01. The number of nitrogens with zero attached hydrogens (tertiary/aromatic N) is 2. The third-order valence-corrected chi connectivity index (χ3v) is 6.24. The number of aromatic nitrogens is 1. The minimum absolute atomic E-state index is 0.313. The van der Waals surface area contributed by atoms with Crippen LogP contribution in [-0.4, -0.2) is 27.6 Å². The van der Waals surface area contributed by atoms with Crippen LogP contribution in [0.4, 0.5) is 4.79 Å². The molecule has 2 atom stereocenters. The van der Waals surface area contributed by atoms with Crippen LogP contribution in [0.1, 0.15) is 45.4 Å². The van der Waals surface area contributed by atoms with E-state index in [0.717, 1.165) is 5.56 Å². The molecule has 1 aromatic carbocycles. The zero-order valence-electron chi connectivity index (χ0n) is 17.5. The van der Waals surface area contributed by atoms with E-state index in [9.17, 15) is 9.90 Å². The number of carbonyl (C=O) groups is 1. The summed E-state index contributed by atoms with van der Waals surface area (Å²) < 4.78 is 12.6. The second-order valence-electron chi connectivity index (χ2n) is 8.82. The summed E-state index contributed by atoms with van der Waals surface area (Å²) in [7, 11) is 0. The second kappa shape index (κ2) is 6.91. The van der Waals surface area contributed by atoms with Crippen LogP contribution < -0.4 is 9.47 Å². The summed E-state index contributed by atoms with van der Waals surface area (Å²) in [6.07, 6.45) is 5.06. The van der Waals surface area contributed by atoms with Crippen LogP contribution in [0, 0.1) is 5.41 Å². The largest absolute Gasteiger partial charge is 0.465 e. The standard InChI is InChI=1S/C23H25ClN2O4/c1-21(2,3)23(12-5-6-13-26(23)20(27)28)16-8-7-9-17-19(16)30-22(4,29-17)18-11-10-15(24)14-25-18/h5-11,14H,12-13H2,1-4H3,(H,27,28). The number of hydrogen-bond acceptors (Lipinski definition) is 4. The van der Waals surface area contributed by atoms with Crippen molar-refractivity contribution in [3.8, 4) is 11.5 Å². The van der Waals surface area contributed by atoms with Crippen molar-refractivity contribution < 1.29 is 19.4 Å². The van der Waals surface area contributed by atoms with E-state index in [1.54, 1.807) is 25.3 Å². The molecule has 2 aliphatic rings. The van der Waals surface area contributed by atoms with Crippen molar-refractivity contribution in [3.05, 3.63) is 65.0 Å². The Kier molecular flexibility index (Phi) is 4.73. The first kappa shape index (κ1) is 20.5. The van der Waals surface area contributed by atoms with Gasteiger partial charge in [0.05, 0.1) is 10.6 Å². The van der Waals surface area contributed by atoms with Crippen LogP contribution in [0.2, 0.25) is 5.02 Å². The van der Waals surface area contributed by atoms with Gasteiger partial charge in [0.1, 0.15) is 5.69 Å². The Bertz CT molecular complexity index is 1010. The predicted molar refractivity (Wildman–Crippen MR) is 114 cm³/mol. The highest BCUT2D eigenvalue weighted by Gasteiger charge is 2.54. The van der Waals surface area contributed by atoms with E-state index in [1.807, 2.05) is 30.4 Å². The maximum Gasteiger partial charge on any atom is 0.408 e. The minimum atomic E-state index is -1.14. The number of ether oxygens (including phenoxy) is 2. The van der Waals surface area contributed by atoms with Crippen LogP contribution in [0.15, 0.2) is 48.7 Å². The van der Waals surface area contributed by atoms with E-state index in [-0.39, 0.29) is 0 Å². The van der Waals surface area contributed by atoms with Gasteiger partial charge in [0.15, 0.2) is 11.5 Å². The van der Waals surface area contributed by atoms with Crippen molar-refractivity contribution in [2.45, 2.75) is 45.4 Å². The number of pyridine rings is 1. The molecular weight excluding hydrogens is 404 g/mol. The highest BCUT2D eigenvalue weighted by Crippen LogP contribution is 2.56. The zero-order valence-corrected chi connectivity index (χ0v) is 18.2. The monoisotopic (exact) mass is 428 g/mol. The molecule has 4 rings (SSSR count). The molecule has 2 aliphatic heterocycles. The lowest BCUT2D eigenvalue weighted by molar-refractivity contribution is -0.0743. The predicted octanol–water partition coefficient (Wildman–Crippen LogP) is 5.56. The molecule has 6 nitrogen and oxygen atoms in total. The molecule has 0 radical (unpaired) electrons. The van der Waals surface area contributed by atoms with Crippen molar-refractivity contribution in [1.29, 1.82) is 0 Å². The Labute approximate surface area is 181 Å². The molecule has 3 heterocycles. The first-order chi connectivity index (χ1) is 14.1. The van der Waals surface area contributed by atoms with Crippen LogP contribution in [0.5, 0.6) is 11.5 Å². The van der Waals surface area contributed by atoms with Crippen molar-refractivity contribution in [2.75, 3.05) is 6.54 Å². The molecular formula is C23H25ClN2O4. The number of carboxylic acid groups (broad SMARTS) is 1. The fourth-order valence-corrected chi connectivity index (χ4v) is 4.63.